The monoisotopic (exact) mass is 1200 g/mol. The zero-order valence-corrected chi connectivity index (χ0v) is 56.4. The number of fused-ring (bicyclic) bond motifs is 2. The van der Waals surface area contributed by atoms with E-state index in [0.29, 0.717) is 0 Å². The molecule has 0 unspecified atom stereocenters. The van der Waals surface area contributed by atoms with E-state index < -0.39 is 0 Å². The molecule has 0 fully saturated rings. The van der Waals surface area contributed by atoms with Crippen LogP contribution in [0.25, 0.3) is 97.4 Å². The normalized spacial score (nSPS) is 11.7. The quantitative estimate of drug-likeness (QED) is 0.0347. The van der Waals surface area contributed by atoms with Gasteiger partial charge in [-0.25, -0.2) is 0 Å². The molecule has 10 rings (SSSR count). The number of rotatable bonds is 35. The molecular weight excluding hydrogens is 1100 g/mol. The van der Waals surface area contributed by atoms with Gasteiger partial charge in [0.25, 0.3) is 0 Å². The highest BCUT2D eigenvalue weighted by atomic mass is 32.1. The van der Waals surface area contributed by atoms with Crippen molar-refractivity contribution in [3.8, 4) is 75.8 Å². The topological polar surface area (TPSA) is 0 Å². The van der Waals surface area contributed by atoms with Gasteiger partial charge in [-0.15, -0.1) is 22.7 Å². The molecule has 2 heterocycles. The van der Waals surface area contributed by atoms with Gasteiger partial charge >= 0.3 is 0 Å². The van der Waals surface area contributed by atoms with E-state index in [2.05, 4.69) is 211 Å². The molecular formula is C86H102S2. The molecule has 458 valence electrons. The Kier molecular flexibility index (Phi) is 24.6. The van der Waals surface area contributed by atoms with Gasteiger partial charge in [0.2, 0.25) is 0 Å². The van der Waals surface area contributed by atoms with Crippen LogP contribution >= 0.6 is 22.7 Å². The Morgan fingerprint density at radius 3 is 1.06 bits per heavy atom. The molecule has 8 aromatic carbocycles. The van der Waals surface area contributed by atoms with E-state index in [1.165, 1.54) is 284 Å². The highest BCUT2D eigenvalue weighted by molar-refractivity contribution is 7.23. The van der Waals surface area contributed by atoms with Gasteiger partial charge in [0.1, 0.15) is 0 Å². The van der Waals surface area contributed by atoms with E-state index in [4.69, 9.17) is 0 Å². The number of aryl methyl sites for hydroxylation is 6. The lowest BCUT2D eigenvalue weighted by molar-refractivity contribution is 0.605. The second kappa shape index (κ2) is 33.5. The standard InChI is InChI=1S/C86H102S2/c1-7-11-15-19-23-27-39-67-60-81(68(53-63(67)5)40-28-24-20-16-12-8-2)75-56-72(71-54-73(79-47-35-43-65-37-31-33-45-77(65)79)58-74(55-71)80-48-36-44-66-38-32-34-46-78(66)80)57-76(59-75)82-61-70(42-30-26-22-18-14-10-4)83(62-69(82)41-29-25-21-17-13-9-3)84-51-52-86(88-84)85-50-49-64(6)87-85/h31-38,43-62H,7-30,39-42H2,1-6H3. The van der Waals surface area contributed by atoms with E-state index in [0.717, 1.165) is 25.7 Å². The minimum Gasteiger partial charge on any atom is -0.140 e. The maximum absolute atomic E-state index is 2.72. The first kappa shape index (κ1) is 64.7. The summed E-state index contributed by atoms with van der Waals surface area (Å²) >= 11 is 3.93. The Labute approximate surface area is 540 Å². The van der Waals surface area contributed by atoms with Crippen LogP contribution in [0.4, 0.5) is 0 Å². The number of hydrogen-bond donors (Lipinski definition) is 0. The van der Waals surface area contributed by atoms with Gasteiger partial charge in [0.05, 0.1) is 0 Å². The maximum Gasteiger partial charge on any atom is 0.0449 e. The van der Waals surface area contributed by atoms with Crippen molar-refractivity contribution >= 4 is 44.2 Å². The summed E-state index contributed by atoms with van der Waals surface area (Å²) in [6, 6.07) is 67.3. The Morgan fingerprint density at radius 2 is 0.591 bits per heavy atom. The Bertz CT molecular complexity index is 3690. The first-order valence-corrected chi connectivity index (χ1v) is 36.7. The number of thiophene rings is 2. The summed E-state index contributed by atoms with van der Waals surface area (Å²) in [6.07, 6.45) is 35.5. The van der Waals surface area contributed by atoms with Crippen molar-refractivity contribution in [1.82, 2.24) is 0 Å². The van der Waals surface area contributed by atoms with Gasteiger partial charge in [0.15, 0.2) is 0 Å². The molecule has 0 radical (unpaired) electrons. The van der Waals surface area contributed by atoms with Gasteiger partial charge < -0.3 is 0 Å². The SMILES string of the molecule is CCCCCCCCc1cc(-c2cc(-c3cc(-c4cccc5ccccc45)cc(-c4cccc5ccccc45)c3)cc(-c3cc(CCCCCCCC)c(-c4ccc(-c5ccc(C)s5)s4)cc3CCCCCCCC)c2)c(CCCCCCCC)cc1C. The Balaban J connectivity index is 1.21. The van der Waals surface area contributed by atoms with Crippen LogP contribution in [-0.4, -0.2) is 0 Å². The van der Waals surface area contributed by atoms with Crippen LogP contribution < -0.4 is 0 Å². The van der Waals surface area contributed by atoms with Gasteiger partial charge in [-0.2, -0.15) is 0 Å². The minimum atomic E-state index is 1.08. The second-order valence-corrected chi connectivity index (χ2v) is 28.3. The van der Waals surface area contributed by atoms with E-state index in [9.17, 15) is 0 Å². The summed E-state index contributed by atoms with van der Waals surface area (Å²) in [4.78, 5) is 5.56. The summed E-state index contributed by atoms with van der Waals surface area (Å²) in [7, 11) is 0. The fraction of sp³-hybridized carbons (Fsp3) is 0.395. The molecule has 0 aliphatic rings. The van der Waals surface area contributed by atoms with Gasteiger partial charge in [-0.05, 0) is 243 Å². The number of unbranched alkanes of at least 4 members (excludes halogenated alkanes) is 20. The van der Waals surface area contributed by atoms with Crippen molar-refractivity contribution < 1.29 is 0 Å². The Morgan fingerprint density at radius 1 is 0.250 bits per heavy atom. The average molecular weight is 1200 g/mol. The molecule has 0 amide bonds. The lowest BCUT2D eigenvalue weighted by Gasteiger charge is -2.21. The summed E-state index contributed by atoms with van der Waals surface area (Å²) in [5.74, 6) is 0. The fourth-order valence-electron chi connectivity index (χ4n) is 13.9. The first-order valence-electron chi connectivity index (χ1n) is 35.0. The van der Waals surface area contributed by atoms with Crippen molar-refractivity contribution in [2.24, 2.45) is 0 Å². The predicted octanol–water partition coefficient (Wildman–Crippen LogP) is 28.0. The van der Waals surface area contributed by atoms with Gasteiger partial charge in [-0.1, -0.05) is 259 Å². The summed E-state index contributed by atoms with van der Waals surface area (Å²) in [5.41, 5.74) is 22.2. The molecule has 10 aromatic rings. The van der Waals surface area contributed by atoms with Crippen molar-refractivity contribution in [3.05, 3.63) is 203 Å². The van der Waals surface area contributed by atoms with Crippen LogP contribution in [-0.2, 0) is 25.7 Å². The molecule has 0 saturated carbocycles. The molecule has 0 bridgehead atoms. The first-order chi connectivity index (χ1) is 43.3. The number of benzene rings is 8. The molecule has 0 aliphatic carbocycles. The van der Waals surface area contributed by atoms with Crippen molar-refractivity contribution in [2.75, 3.05) is 0 Å². The zero-order valence-electron chi connectivity index (χ0n) is 54.8. The van der Waals surface area contributed by atoms with Crippen molar-refractivity contribution in [1.29, 1.82) is 0 Å². The van der Waals surface area contributed by atoms with E-state index >= 15 is 0 Å². The highest BCUT2D eigenvalue weighted by Crippen LogP contribution is 2.45. The van der Waals surface area contributed by atoms with E-state index in [1.807, 2.05) is 22.7 Å². The minimum absolute atomic E-state index is 1.08. The molecule has 2 heteroatoms. The Hall–Kier alpha value is -6.32. The van der Waals surface area contributed by atoms with Crippen LogP contribution in [0, 0.1) is 13.8 Å². The third kappa shape index (κ3) is 17.1. The van der Waals surface area contributed by atoms with Crippen molar-refractivity contribution in [3.63, 3.8) is 0 Å². The molecule has 0 saturated heterocycles. The van der Waals surface area contributed by atoms with Gasteiger partial charge in [0, 0.05) is 19.5 Å². The van der Waals surface area contributed by atoms with Crippen LogP contribution in [0.1, 0.15) is 214 Å². The predicted molar refractivity (Wildman–Crippen MR) is 393 cm³/mol. The van der Waals surface area contributed by atoms with Gasteiger partial charge in [-0.3, -0.25) is 0 Å². The zero-order chi connectivity index (χ0) is 60.9. The number of hydrogen-bond acceptors (Lipinski definition) is 2. The van der Waals surface area contributed by atoms with Crippen LogP contribution in [0.3, 0.4) is 0 Å². The molecule has 0 nitrogen and oxygen atoms in total. The summed E-state index contributed by atoms with van der Waals surface area (Å²) < 4.78 is 0. The van der Waals surface area contributed by atoms with Crippen LogP contribution in [0.2, 0.25) is 0 Å². The smallest absolute Gasteiger partial charge is 0.0449 e. The molecule has 0 N–H and O–H groups in total. The summed E-state index contributed by atoms with van der Waals surface area (Å²) in [5, 5.41) is 5.12. The molecule has 0 spiro atoms. The summed E-state index contributed by atoms with van der Waals surface area (Å²) in [6.45, 7) is 14.0. The van der Waals surface area contributed by atoms with Crippen LogP contribution in [0.15, 0.2) is 170 Å². The van der Waals surface area contributed by atoms with Crippen molar-refractivity contribution in [2.45, 2.75) is 221 Å². The van der Waals surface area contributed by atoms with E-state index in [1.54, 1.807) is 0 Å². The highest BCUT2D eigenvalue weighted by Gasteiger charge is 2.21. The average Bonchev–Trinajstić information content (AvgIpc) is 3.51. The lowest BCUT2D eigenvalue weighted by Crippen LogP contribution is -2.00. The molecule has 88 heavy (non-hydrogen) atoms. The maximum atomic E-state index is 2.72. The fourth-order valence-corrected chi connectivity index (χ4v) is 15.9. The third-order valence-corrected chi connectivity index (χ3v) is 21.3. The van der Waals surface area contributed by atoms with Crippen LogP contribution in [0.5, 0.6) is 0 Å². The second-order valence-electron chi connectivity index (χ2n) is 25.9. The molecule has 0 atom stereocenters. The lowest BCUT2D eigenvalue weighted by atomic mass is 9.84. The largest absolute Gasteiger partial charge is 0.140 e. The molecule has 2 aromatic heterocycles. The molecule has 0 aliphatic heterocycles. The van der Waals surface area contributed by atoms with E-state index in [-0.39, 0.29) is 0 Å². The third-order valence-electron chi connectivity index (χ3n) is 19.0.